The smallest absolute Gasteiger partial charge is 0.391 e. The summed E-state index contributed by atoms with van der Waals surface area (Å²) < 4.78 is 50.5. The third-order valence-electron chi connectivity index (χ3n) is 4.18. The molecule has 1 aliphatic rings. The van der Waals surface area contributed by atoms with Crippen LogP contribution in [0.2, 0.25) is 0 Å². The van der Waals surface area contributed by atoms with E-state index in [-0.39, 0.29) is 6.42 Å². The predicted molar refractivity (Wildman–Crippen MR) is 80.3 cm³/mol. The Morgan fingerprint density at radius 2 is 1.88 bits per heavy atom. The molecule has 0 aliphatic carbocycles. The van der Waals surface area contributed by atoms with Gasteiger partial charge in [0.15, 0.2) is 0 Å². The van der Waals surface area contributed by atoms with Crippen molar-refractivity contribution in [2.75, 3.05) is 7.05 Å². The van der Waals surface area contributed by atoms with E-state index < -0.39 is 54.2 Å². The number of carboxylic acid groups (broad SMARTS) is 1. The monoisotopic (exact) mass is 376 g/mol. The Morgan fingerprint density at radius 3 is 2.38 bits per heavy atom. The number of halogens is 4. The van der Waals surface area contributed by atoms with Crippen molar-refractivity contribution in [1.82, 2.24) is 10.2 Å². The number of nitrogens with one attached hydrogen (secondary N) is 1. The van der Waals surface area contributed by atoms with Gasteiger partial charge in [0.25, 0.3) is 0 Å². The van der Waals surface area contributed by atoms with Crippen molar-refractivity contribution in [1.29, 1.82) is 0 Å². The van der Waals surface area contributed by atoms with Crippen LogP contribution in [0.1, 0.15) is 24.4 Å². The zero-order chi connectivity index (χ0) is 19.6. The Labute approximate surface area is 145 Å². The summed E-state index contributed by atoms with van der Waals surface area (Å²) in [6, 6.07) is 2.00. The fourth-order valence-corrected chi connectivity index (χ4v) is 2.93. The Hall–Kier alpha value is -2.65. The van der Waals surface area contributed by atoms with Gasteiger partial charge in [-0.25, -0.2) is 9.18 Å². The lowest BCUT2D eigenvalue weighted by molar-refractivity contribution is -0.160. The Bertz CT molecular complexity index is 705. The number of nitrogens with zero attached hydrogens (tertiary/aromatic N) is 1. The zero-order valence-corrected chi connectivity index (χ0v) is 13.6. The molecule has 0 aromatic heterocycles. The van der Waals surface area contributed by atoms with Gasteiger partial charge < -0.3 is 15.3 Å². The van der Waals surface area contributed by atoms with Gasteiger partial charge in [-0.1, -0.05) is 12.1 Å². The predicted octanol–water partition coefficient (Wildman–Crippen LogP) is 1.87. The first-order valence-electron chi connectivity index (χ1n) is 7.60. The molecule has 2 amide bonds. The van der Waals surface area contributed by atoms with Gasteiger partial charge in [-0.15, -0.1) is 0 Å². The minimum absolute atomic E-state index is 0.289. The van der Waals surface area contributed by atoms with E-state index in [1.54, 1.807) is 0 Å². The van der Waals surface area contributed by atoms with Crippen molar-refractivity contribution in [3.63, 3.8) is 0 Å². The largest absolute Gasteiger partial charge is 0.480 e. The number of alkyl halides is 3. The molecule has 0 spiro atoms. The summed E-state index contributed by atoms with van der Waals surface area (Å²) in [4.78, 5) is 36.6. The lowest BCUT2D eigenvalue weighted by Crippen LogP contribution is -2.46. The van der Waals surface area contributed by atoms with Crippen LogP contribution in [-0.2, 0) is 14.4 Å². The van der Waals surface area contributed by atoms with Crippen LogP contribution in [0.15, 0.2) is 24.3 Å². The molecule has 1 aromatic carbocycles. The molecule has 1 aliphatic heterocycles. The van der Waals surface area contributed by atoms with Gasteiger partial charge in [-0.2, -0.15) is 13.2 Å². The van der Waals surface area contributed by atoms with Crippen LogP contribution < -0.4 is 5.32 Å². The molecule has 2 N–H and O–H groups in total. The zero-order valence-electron chi connectivity index (χ0n) is 13.6. The molecule has 10 heteroatoms. The minimum atomic E-state index is -4.78. The normalized spacial score (nSPS) is 21.6. The van der Waals surface area contributed by atoms with E-state index in [1.165, 1.54) is 24.1 Å². The number of rotatable bonds is 5. The molecule has 1 heterocycles. The van der Waals surface area contributed by atoms with E-state index >= 15 is 0 Å². The minimum Gasteiger partial charge on any atom is -0.480 e. The summed E-state index contributed by atoms with van der Waals surface area (Å²) >= 11 is 0. The second-order valence-electron chi connectivity index (χ2n) is 6.03. The highest BCUT2D eigenvalue weighted by atomic mass is 19.4. The summed E-state index contributed by atoms with van der Waals surface area (Å²) in [7, 11) is 1.41. The number of likely N-dealkylation sites (tertiary alicyclic amines) is 1. The highest BCUT2D eigenvalue weighted by Crippen LogP contribution is 2.37. The molecule has 3 unspecified atom stereocenters. The maximum Gasteiger partial charge on any atom is 0.391 e. The number of hydrogen-bond acceptors (Lipinski definition) is 3. The lowest BCUT2D eigenvalue weighted by Gasteiger charge is -2.26. The van der Waals surface area contributed by atoms with Gasteiger partial charge >= 0.3 is 12.1 Å². The summed E-state index contributed by atoms with van der Waals surface area (Å²) in [6.07, 6.45) is -6.80. The van der Waals surface area contributed by atoms with E-state index in [2.05, 4.69) is 0 Å². The first kappa shape index (κ1) is 19.7. The molecule has 0 saturated carbocycles. The number of hydrogen-bond donors (Lipinski definition) is 2. The summed E-state index contributed by atoms with van der Waals surface area (Å²) in [5.74, 6) is -4.85. The Balaban J connectivity index is 2.23. The molecular formula is C16H16F4N2O4. The molecule has 0 radical (unpaired) electrons. The molecule has 6 nitrogen and oxygen atoms in total. The fraction of sp³-hybridized carbons (Fsp3) is 0.438. The van der Waals surface area contributed by atoms with Gasteiger partial charge in [0.1, 0.15) is 11.9 Å². The second kappa shape index (κ2) is 7.30. The average molecular weight is 376 g/mol. The number of carbonyl (C=O) groups excluding carboxylic acids is 2. The highest BCUT2D eigenvalue weighted by molar-refractivity contribution is 5.92. The molecule has 2 rings (SSSR count). The molecular weight excluding hydrogens is 360 g/mol. The van der Waals surface area contributed by atoms with Gasteiger partial charge in [-0.3, -0.25) is 9.59 Å². The van der Waals surface area contributed by atoms with Crippen LogP contribution in [0.3, 0.4) is 0 Å². The SMILES string of the molecule is CN1C(=O)CC(C(=O)NC(CC(F)(F)F)C(=O)O)C1c1ccc(F)cc1. The van der Waals surface area contributed by atoms with Crippen LogP contribution in [0, 0.1) is 11.7 Å². The van der Waals surface area contributed by atoms with Crippen LogP contribution in [0.5, 0.6) is 0 Å². The maximum atomic E-state index is 13.1. The lowest BCUT2D eigenvalue weighted by atomic mass is 9.92. The summed E-state index contributed by atoms with van der Waals surface area (Å²) in [6.45, 7) is 0. The van der Waals surface area contributed by atoms with Crippen molar-refractivity contribution in [3.8, 4) is 0 Å². The van der Waals surface area contributed by atoms with Crippen LogP contribution in [0.4, 0.5) is 17.6 Å². The van der Waals surface area contributed by atoms with Crippen LogP contribution >= 0.6 is 0 Å². The van der Waals surface area contributed by atoms with Crippen LogP contribution in [0.25, 0.3) is 0 Å². The van der Waals surface area contributed by atoms with Crippen molar-refractivity contribution in [3.05, 3.63) is 35.6 Å². The number of benzene rings is 1. The number of amides is 2. The second-order valence-corrected chi connectivity index (χ2v) is 6.03. The third kappa shape index (κ3) is 4.50. The molecule has 1 fully saturated rings. The van der Waals surface area contributed by atoms with E-state index in [9.17, 15) is 31.9 Å². The standard InChI is InChI=1S/C16H16F4N2O4/c1-22-12(23)6-10(13(22)8-2-4-9(17)5-3-8)14(24)21-11(15(25)26)7-16(18,19)20/h2-5,10-11,13H,6-7H2,1H3,(H,21,24)(H,25,26). The highest BCUT2D eigenvalue weighted by Gasteiger charge is 2.44. The molecule has 3 atom stereocenters. The van der Waals surface area contributed by atoms with Gasteiger partial charge in [0.05, 0.1) is 18.4 Å². The third-order valence-corrected chi connectivity index (χ3v) is 4.18. The van der Waals surface area contributed by atoms with Gasteiger partial charge in [0, 0.05) is 13.5 Å². The molecule has 26 heavy (non-hydrogen) atoms. The van der Waals surface area contributed by atoms with Crippen molar-refractivity contribution in [2.24, 2.45) is 5.92 Å². The molecule has 1 aromatic rings. The van der Waals surface area contributed by atoms with E-state index in [4.69, 9.17) is 5.11 Å². The van der Waals surface area contributed by atoms with Gasteiger partial charge in [-0.05, 0) is 17.7 Å². The number of carboxylic acids is 1. The molecule has 0 bridgehead atoms. The number of aliphatic carboxylic acids is 1. The topological polar surface area (TPSA) is 86.7 Å². The van der Waals surface area contributed by atoms with E-state index in [0.717, 1.165) is 12.1 Å². The summed E-state index contributed by atoms with van der Waals surface area (Å²) in [5.41, 5.74) is 0.419. The van der Waals surface area contributed by atoms with E-state index in [1.807, 2.05) is 5.32 Å². The van der Waals surface area contributed by atoms with Crippen molar-refractivity contribution < 1.29 is 37.1 Å². The average Bonchev–Trinajstić information content (AvgIpc) is 2.82. The Morgan fingerprint density at radius 1 is 1.31 bits per heavy atom. The first-order chi connectivity index (χ1) is 12.0. The van der Waals surface area contributed by atoms with E-state index in [0.29, 0.717) is 5.56 Å². The quantitative estimate of drug-likeness (QED) is 0.768. The van der Waals surface area contributed by atoms with Gasteiger partial charge in [0.2, 0.25) is 11.8 Å². The van der Waals surface area contributed by atoms with Crippen molar-refractivity contribution in [2.45, 2.75) is 31.1 Å². The van der Waals surface area contributed by atoms with Crippen LogP contribution in [-0.4, -0.2) is 47.1 Å². The fourth-order valence-electron chi connectivity index (χ4n) is 2.93. The first-order valence-corrected chi connectivity index (χ1v) is 7.60. The summed E-state index contributed by atoms with van der Waals surface area (Å²) in [5, 5.41) is 10.8. The maximum absolute atomic E-state index is 13.1. The Kier molecular flexibility index (Phi) is 5.53. The van der Waals surface area contributed by atoms with Crippen molar-refractivity contribution >= 4 is 17.8 Å². The molecule has 1 saturated heterocycles. The molecule has 142 valence electrons. The number of carbonyl (C=O) groups is 3.